The van der Waals surface area contributed by atoms with Gasteiger partial charge in [0.05, 0.1) is 16.7 Å². The van der Waals surface area contributed by atoms with Crippen molar-refractivity contribution in [1.82, 2.24) is 4.98 Å². The molecule has 1 aromatic heterocycles. The standard InChI is InChI=1S/C18H18Cl2N2O4/c1-12-4-2-5-14(8-12)25-7-3-6-17(24)26-11-16(23)22-18-15(20)9-13(19)10-21-18/h2,4-5,8-10H,3,6-7,11H2,1H3,(H,21,22,23). The molecule has 2 rings (SSSR count). The number of pyridine rings is 1. The number of hydrogen-bond donors (Lipinski definition) is 1. The highest BCUT2D eigenvalue weighted by Gasteiger charge is 2.11. The summed E-state index contributed by atoms with van der Waals surface area (Å²) in [6, 6.07) is 9.09. The van der Waals surface area contributed by atoms with E-state index in [9.17, 15) is 9.59 Å². The monoisotopic (exact) mass is 396 g/mol. The molecule has 1 N–H and O–H groups in total. The summed E-state index contributed by atoms with van der Waals surface area (Å²) in [5.41, 5.74) is 1.10. The van der Waals surface area contributed by atoms with Crippen LogP contribution in [0.15, 0.2) is 36.5 Å². The summed E-state index contributed by atoms with van der Waals surface area (Å²) < 4.78 is 10.5. The van der Waals surface area contributed by atoms with E-state index in [-0.39, 0.29) is 17.3 Å². The fraction of sp³-hybridized carbons (Fsp3) is 0.278. The number of aromatic nitrogens is 1. The second kappa shape index (κ2) is 9.99. The fourth-order valence-corrected chi connectivity index (χ4v) is 2.43. The van der Waals surface area contributed by atoms with E-state index in [1.807, 2.05) is 31.2 Å². The lowest BCUT2D eigenvalue weighted by Gasteiger charge is -2.08. The van der Waals surface area contributed by atoms with Gasteiger partial charge in [-0.2, -0.15) is 0 Å². The maximum Gasteiger partial charge on any atom is 0.306 e. The van der Waals surface area contributed by atoms with E-state index >= 15 is 0 Å². The lowest BCUT2D eigenvalue weighted by atomic mass is 10.2. The van der Waals surface area contributed by atoms with Crippen molar-refractivity contribution in [2.24, 2.45) is 0 Å². The number of carbonyl (C=O) groups excluding carboxylic acids is 2. The fourth-order valence-electron chi connectivity index (χ4n) is 2.00. The molecular formula is C18H18Cl2N2O4. The number of anilines is 1. The van der Waals surface area contributed by atoms with Gasteiger partial charge in [-0.1, -0.05) is 35.3 Å². The average molecular weight is 397 g/mol. The highest BCUT2D eigenvalue weighted by atomic mass is 35.5. The number of nitrogens with zero attached hydrogens (tertiary/aromatic N) is 1. The number of benzene rings is 1. The van der Waals surface area contributed by atoms with Crippen LogP contribution in [0.3, 0.4) is 0 Å². The van der Waals surface area contributed by atoms with E-state index in [1.54, 1.807) is 0 Å². The molecule has 0 saturated heterocycles. The third-order valence-electron chi connectivity index (χ3n) is 3.21. The van der Waals surface area contributed by atoms with Gasteiger partial charge in [-0.15, -0.1) is 0 Å². The van der Waals surface area contributed by atoms with Gasteiger partial charge in [-0.25, -0.2) is 4.98 Å². The minimum absolute atomic E-state index is 0.152. The van der Waals surface area contributed by atoms with Gasteiger partial charge in [0.25, 0.3) is 5.91 Å². The van der Waals surface area contributed by atoms with Crippen molar-refractivity contribution in [1.29, 1.82) is 0 Å². The first-order valence-corrected chi connectivity index (χ1v) is 8.65. The van der Waals surface area contributed by atoms with Crippen LogP contribution in [-0.2, 0) is 14.3 Å². The van der Waals surface area contributed by atoms with Crippen LogP contribution in [0.25, 0.3) is 0 Å². The van der Waals surface area contributed by atoms with Crippen molar-refractivity contribution in [3.05, 3.63) is 52.1 Å². The number of rotatable bonds is 8. The Balaban J connectivity index is 1.64. The zero-order valence-corrected chi connectivity index (χ0v) is 15.6. The molecule has 1 aromatic carbocycles. The third kappa shape index (κ3) is 6.90. The molecule has 0 aliphatic carbocycles. The smallest absolute Gasteiger partial charge is 0.306 e. The van der Waals surface area contributed by atoms with Crippen LogP contribution in [0.2, 0.25) is 10.0 Å². The summed E-state index contributed by atoms with van der Waals surface area (Å²) in [4.78, 5) is 27.3. The molecule has 6 nitrogen and oxygen atoms in total. The Hall–Kier alpha value is -2.31. The molecule has 0 unspecified atom stereocenters. The lowest BCUT2D eigenvalue weighted by molar-refractivity contribution is -0.147. The molecule has 138 valence electrons. The predicted molar refractivity (Wildman–Crippen MR) is 99.8 cm³/mol. The van der Waals surface area contributed by atoms with Gasteiger partial charge in [0, 0.05) is 12.6 Å². The summed E-state index contributed by atoms with van der Waals surface area (Å²) >= 11 is 11.6. The predicted octanol–water partition coefficient (Wildman–Crippen LogP) is 4.04. The van der Waals surface area contributed by atoms with E-state index in [1.165, 1.54) is 12.3 Å². The number of amides is 1. The quantitative estimate of drug-likeness (QED) is 0.538. The molecule has 8 heteroatoms. The minimum atomic E-state index is -0.536. The Labute approximate surface area is 161 Å². The van der Waals surface area contributed by atoms with Crippen LogP contribution >= 0.6 is 23.2 Å². The number of nitrogens with one attached hydrogen (secondary N) is 1. The first kappa shape index (κ1) is 20.0. The minimum Gasteiger partial charge on any atom is -0.494 e. The topological polar surface area (TPSA) is 77.5 Å². The third-order valence-corrected chi connectivity index (χ3v) is 3.71. The molecule has 0 spiro atoms. The van der Waals surface area contributed by atoms with Gasteiger partial charge in [0.1, 0.15) is 5.75 Å². The molecule has 1 amide bonds. The van der Waals surface area contributed by atoms with Crippen molar-refractivity contribution in [3.8, 4) is 5.75 Å². The maximum atomic E-state index is 11.8. The molecule has 0 aliphatic rings. The average Bonchev–Trinajstić information content (AvgIpc) is 2.59. The van der Waals surface area contributed by atoms with Crippen molar-refractivity contribution in [3.63, 3.8) is 0 Å². The zero-order chi connectivity index (χ0) is 18.9. The van der Waals surface area contributed by atoms with Gasteiger partial charge in [0.2, 0.25) is 0 Å². The maximum absolute atomic E-state index is 11.8. The van der Waals surface area contributed by atoms with Crippen LogP contribution in [0.1, 0.15) is 18.4 Å². The molecule has 0 radical (unpaired) electrons. The molecule has 0 aliphatic heterocycles. The highest BCUT2D eigenvalue weighted by molar-refractivity contribution is 6.36. The van der Waals surface area contributed by atoms with Crippen molar-refractivity contribution in [2.45, 2.75) is 19.8 Å². The Morgan fingerprint density at radius 3 is 2.77 bits per heavy atom. The second-order valence-corrected chi connectivity index (χ2v) is 6.30. The van der Waals surface area contributed by atoms with Gasteiger partial charge < -0.3 is 14.8 Å². The van der Waals surface area contributed by atoms with E-state index in [0.717, 1.165) is 11.3 Å². The number of hydrogen-bond acceptors (Lipinski definition) is 5. The van der Waals surface area contributed by atoms with E-state index in [4.69, 9.17) is 32.7 Å². The summed E-state index contributed by atoms with van der Waals surface area (Å²) in [6.07, 6.45) is 1.99. The van der Waals surface area contributed by atoms with Gasteiger partial charge in [-0.3, -0.25) is 9.59 Å². The lowest BCUT2D eigenvalue weighted by Crippen LogP contribution is -2.21. The molecule has 2 aromatic rings. The van der Waals surface area contributed by atoms with Crippen LogP contribution in [0.4, 0.5) is 5.82 Å². The summed E-state index contributed by atoms with van der Waals surface area (Å²) in [6.45, 7) is 1.94. The summed E-state index contributed by atoms with van der Waals surface area (Å²) in [7, 11) is 0. The van der Waals surface area contributed by atoms with Crippen LogP contribution in [0, 0.1) is 6.92 Å². The molecule has 1 heterocycles. The van der Waals surface area contributed by atoms with E-state index in [0.29, 0.717) is 18.1 Å². The molecule has 0 saturated carbocycles. The summed E-state index contributed by atoms with van der Waals surface area (Å²) in [5.74, 6) is -0.108. The Kier molecular flexibility index (Phi) is 7.69. The Morgan fingerprint density at radius 1 is 1.23 bits per heavy atom. The van der Waals surface area contributed by atoms with Crippen LogP contribution < -0.4 is 10.1 Å². The van der Waals surface area contributed by atoms with Gasteiger partial charge in [0.15, 0.2) is 12.4 Å². The van der Waals surface area contributed by atoms with Gasteiger partial charge in [-0.05, 0) is 37.1 Å². The first-order valence-electron chi connectivity index (χ1n) is 7.90. The van der Waals surface area contributed by atoms with Crippen LogP contribution in [0.5, 0.6) is 5.75 Å². The molecule has 0 fully saturated rings. The Morgan fingerprint density at radius 2 is 2.04 bits per heavy atom. The highest BCUT2D eigenvalue weighted by Crippen LogP contribution is 2.22. The van der Waals surface area contributed by atoms with Crippen molar-refractivity contribution >= 4 is 40.9 Å². The SMILES string of the molecule is Cc1cccc(OCCCC(=O)OCC(=O)Nc2ncc(Cl)cc2Cl)c1. The first-order chi connectivity index (χ1) is 12.4. The number of carbonyl (C=O) groups is 2. The number of ether oxygens (including phenoxy) is 2. The largest absolute Gasteiger partial charge is 0.494 e. The van der Waals surface area contributed by atoms with Crippen molar-refractivity contribution < 1.29 is 19.1 Å². The zero-order valence-electron chi connectivity index (χ0n) is 14.1. The normalized spacial score (nSPS) is 10.3. The van der Waals surface area contributed by atoms with E-state index in [2.05, 4.69) is 10.3 Å². The molecule has 0 bridgehead atoms. The molecular weight excluding hydrogens is 379 g/mol. The Bertz CT molecular complexity index is 784. The second-order valence-electron chi connectivity index (χ2n) is 5.46. The summed E-state index contributed by atoms with van der Waals surface area (Å²) in [5, 5.41) is 3.00. The number of halogens is 2. The number of aryl methyl sites for hydroxylation is 1. The molecule has 26 heavy (non-hydrogen) atoms. The van der Waals surface area contributed by atoms with Gasteiger partial charge >= 0.3 is 5.97 Å². The van der Waals surface area contributed by atoms with Crippen LogP contribution in [-0.4, -0.2) is 30.1 Å². The number of esters is 1. The van der Waals surface area contributed by atoms with Crippen molar-refractivity contribution in [2.75, 3.05) is 18.5 Å². The molecule has 0 atom stereocenters. The van der Waals surface area contributed by atoms with E-state index < -0.39 is 18.5 Å².